The largest absolute Gasteiger partial charge is 0.368 e. The maximum absolute atomic E-state index is 4.59. The normalized spacial score (nSPS) is 16.5. The molecule has 1 unspecified atom stereocenters. The van der Waals surface area contributed by atoms with Gasteiger partial charge in [-0.05, 0) is 29.7 Å². The molecule has 98 valence electrons. The predicted octanol–water partition coefficient (Wildman–Crippen LogP) is 3.38. The second-order valence-corrected chi connectivity index (χ2v) is 5.22. The van der Waals surface area contributed by atoms with E-state index in [0.29, 0.717) is 5.92 Å². The van der Waals surface area contributed by atoms with Crippen LogP contribution in [0.5, 0.6) is 0 Å². The molecule has 1 N–H and O–H groups in total. The topological polar surface area (TPSA) is 37.8 Å². The fourth-order valence-electron chi connectivity index (χ4n) is 2.81. The minimum absolute atomic E-state index is 0.597. The molecule has 2 aromatic carbocycles. The second-order valence-electron chi connectivity index (χ2n) is 5.22. The average molecular weight is 261 g/mol. The lowest BCUT2D eigenvalue weighted by Crippen LogP contribution is -2.24. The van der Waals surface area contributed by atoms with E-state index >= 15 is 0 Å². The molecule has 0 fully saturated rings. The van der Waals surface area contributed by atoms with E-state index in [2.05, 4.69) is 39.6 Å². The first-order valence-electron chi connectivity index (χ1n) is 6.93. The Morgan fingerprint density at radius 1 is 1.00 bits per heavy atom. The molecule has 3 heteroatoms. The number of rotatable bonds is 3. The van der Waals surface area contributed by atoms with Gasteiger partial charge in [0.15, 0.2) is 0 Å². The summed E-state index contributed by atoms with van der Waals surface area (Å²) in [5.74, 6) is 1.45. The van der Waals surface area contributed by atoms with Crippen LogP contribution in [0.2, 0.25) is 0 Å². The minimum atomic E-state index is 0.597. The summed E-state index contributed by atoms with van der Waals surface area (Å²) in [6.07, 6.45) is 2.97. The number of fused-ring (bicyclic) bond motifs is 2. The number of nitrogens with one attached hydrogen (secondary N) is 1. The van der Waals surface area contributed by atoms with E-state index in [1.165, 1.54) is 11.1 Å². The Labute approximate surface area is 117 Å². The molecule has 1 atom stereocenters. The van der Waals surface area contributed by atoms with Crippen molar-refractivity contribution in [3.8, 4) is 0 Å². The minimum Gasteiger partial charge on any atom is -0.368 e. The van der Waals surface area contributed by atoms with Crippen LogP contribution in [0.3, 0.4) is 0 Å². The fourth-order valence-corrected chi connectivity index (χ4v) is 2.81. The third-order valence-corrected chi connectivity index (χ3v) is 3.94. The molecular formula is C17H15N3. The number of para-hydroxylation sites is 2. The van der Waals surface area contributed by atoms with Crippen LogP contribution >= 0.6 is 0 Å². The number of hydrogen-bond acceptors (Lipinski definition) is 3. The van der Waals surface area contributed by atoms with Gasteiger partial charge in [0.1, 0.15) is 5.82 Å². The number of nitrogens with zero attached hydrogens (tertiary/aromatic N) is 2. The van der Waals surface area contributed by atoms with Gasteiger partial charge < -0.3 is 5.32 Å². The Morgan fingerprint density at radius 2 is 1.80 bits per heavy atom. The molecule has 0 radical (unpaired) electrons. The molecule has 1 aliphatic carbocycles. The lowest BCUT2D eigenvalue weighted by Gasteiger charge is -2.30. The van der Waals surface area contributed by atoms with Crippen molar-refractivity contribution >= 4 is 16.9 Å². The zero-order valence-corrected chi connectivity index (χ0v) is 11.1. The number of aromatic nitrogens is 2. The second kappa shape index (κ2) is 4.60. The first-order valence-corrected chi connectivity index (χ1v) is 6.93. The van der Waals surface area contributed by atoms with Gasteiger partial charge >= 0.3 is 0 Å². The van der Waals surface area contributed by atoms with Crippen LogP contribution in [0.4, 0.5) is 5.82 Å². The summed E-state index contributed by atoms with van der Waals surface area (Å²) in [4.78, 5) is 9.01. The number of benzene rings is 2. The van der Waals surface area contributed by atoms with Crippen LogP contribution in [0, 0.1) is 0 Å². The third-order valence-electron chi connectivity index (χ3n) is 3.94. The summed E-state index contributed by atoms with van der Waals surface area (Å²) in [6, 6.07) is 16.6. The molecule has 0 saturated carbocycles. The number of hydrogen-bond donors (Lipinski definition) is 1. The Hall–Kier alpha value is -2.42. The third kappa shape index (κ3) is 1.92. The van der Waals surface area contributed by atoms with Gasteiger partial charge in [0, 0.05) is 12.5 Å². The Kier molecular flexibility index (Phi) is 2.62. The molecular weight excluding hydrogens is 246 g/mol. The van der Waals surface area contributed by atoms with Crippen LogP contribution in [-0.4, -0.2) is 16.5 Å². The van der Waals surface area contributed by atoms with E-state index < -0.39 is 0 Å². The monoisotopic (exact) mass is 261 g/mol. The van der Waals surface area contributed by atoms with E-state index in [0.717, 1.165) is 29.8 Å². The molecule has 20 heavy (non-hydrogen) atoms. The quantitative estimate of drug-likeness (QED) is 0.785. The van der Waals surface area contributed by atoms with E-state index in [4.69, 9.17) is 0 Å². The first-order chi connectivity index (χ1) is 9.90. The maximum atomic E-state index is 4.59. The Balaban J connectivity index is 1.49. The highest BCUT2D eigenvalue weighted by molar-refractivity contribution is 5.75. The van der Waals surface area contributed by atoms with Gasteiger partial charge in [-0.2, -0.15) is 0 Å². The molecule has 0 bridgehead atoms. The lowest BCUT2D eigenvalue weighted by molar-refractivity contribution is 0.634. The van der Waals surface area contributed by atoms with E-state index in [1.807, 2.05) is 30.5 Å². The molecule has 0 aliphatic heterocycles. The van der Waals surface area contributed by atoms with Crippen LogP contribution in [0.15, 0.2) is 54.7 Å². The molecule has 1 heterocycles. The van der Waals surface area contributed by atoms with Crippen molar-refractivity contribution in [1.82, 2.24) is 9.97 Å². The molecule has 3 nitrogen and oxygen atoms in total. The highest BCUT2D eigenvalue weighted by Crippen LogP contribution is 2.34. The summed E-state index contributed by atoms with van der Waals surface area (Å²) in [5.41, 5.74) is 4.82. The summed E-state index contributed by atoms with van der Waals surface area (Å²) in [7, 11) is 0. The standard InChI is InChI=1S/C17H15N3/c1-2-6-14-12(5-1)9-13(14)10-19-17-11-18-15-7-3-4-8-16(15)20-17/h1-8,11,13H,9-10H2,(H,19,20). The average Bonchev–Trinajstić information content (AvgIpc) is 2.48. The van der Waals surface area contributed by atoms with Gasteiger partial charge in [0.25, 0.3) is 0 Å². The lowest BCUT2D eigenvalue weighted by atomic mass is 9.78. The molecule has 0 saturated heterocycles. The summed E-state index contributed by atoms with van der Waals surface area (Å²) < 4.78 is 0. The smallest absolute Gasteiger partial charge is 0.145 e. The van der Waals surface area contributed by atoms with Crippen molar-refractivity contribution < 1.29 is 0 Å². The van der Waals surface area contributed by atoms with Crippen molar-refractivity contribution in [1.29, 1.82) is 0 Å². The van der Waals surface area contributed by atoms with Crippen molar-refractivity contribution in [2.45, 2.75) is 12.3 Å². The first kappa shape index (κ1) is 11.4. The van der Waals surface area contributed by atoms with Crippen molar-refractivity contribution in [2.75, 3.05) is 11.9 Å². The SMILES string of the molecule is c1ccc2c(c1)CC2CNc1cnc2ccccc2n1. The van der Waals surface area contributed by atoms with Gasteiger partial charge in [0.05, 0.1) is 17.2 Å². The van der Waals surface area contributed by atoms with Crippen molar-refractivity contribution in [3.05, 3.63) is 65.9 Å². The van der Waals surface area contributed by atoms with Crippen LogP contribution in [-0.2, 0) is 6.42 Å². The van der Waals surface area contributed by atoms with Crippen LogP contribution in [0.25, 0.3) is 11.0 Å². The van der Waals surface area contributed by atoms with Crippen molar-refractivity contribution in [2.24, 2.45) is 0 Å². The fraction of sp³-hybridized carbons (Fsp3) is 0.176. The summed E-state index contributed by atoms with van der Waals surface area (Å²) in [5, 5.41) is 3.41. The van der Waals surface area contributed by atoms with Gasteiger partial charge in [-0.1, -0.05) is 36.4 Å². The van der Waals surface area contributed by atoms with Gasteiger partial charge in [-0.3, -0.25) is 4.98 Å². The molecule has 3 aromatic rings. The van der Waals surface area contributed by atoms with Crippen LogP contribution < -0.4 is 5.32 Å². The van der Waals surface area contributed by atoms with Crippen LogP contribution in [0.1, 0.15) is 17.0 Å². The van der Waals surface area contributed by atoms with E-state index in [9.17, 15) is 0 Å². The van der Waals surface area contributed by atoms with Crippen molar-refractivity contribution in [3.63, 3.8) is 0 Å². The molecule has 4 rings (SSSR count). The number of anilines is 1. The molecule has 1 aromatic heterocycles. The zero-order chi connectivity index (χ0) is 13.4. The zero-order valence-electron chi connectivity index (χ0n) is 11.1. The van der Waals surface area contributed by atoms with Gasteiger partial charge in [-0.15, -0.1) is 0 Å². The molecule has 0 spiro atoms. The molecule has 1 aliphatic rings. The van der Waals surface area contributed by atoms with E-state index in [-0.39, 0.29) is 0 Å². The van der Waals surface area contributed by atoms with Gasteiger partial charge in [0.2, 0.25) is 0 Å². The summed E-state index contributed by atoms with van der Waals surface area (Å²) >= 11 is 0. The predicted molar refractivity (Wildman–Crippen MR) is 80.9 cm³/mol. The molecule has 0 amide bonds. The Morgan fingerprint density at radius 3 is 2.70 bits per heavy atom. The Bertz CT molecular complexity index is 767. The van der Waals surface area contributed by atoms with Gasteiger partial charge in [-0.25, -0.2) is 4.98 Å². The maximum Gasteiger partial charge on any atom is 0.145 e. The highest BCUT2D eigenvalue weighted by atomic mass is 15.0. The highest BCUT2D eigenvalue weighted by Gasteiger charge is 2.24. The summed E-state index contributed by atoms with van der Waals surface area (Å²) in [6.45, 7) is 0.921. The van der Waals surface area contributed by atoms with E-state index in [1.54, 1.807) is 0 Å².